The van der Waals surface area contributed by atoms with Crippen molar-refractivity contribution < 1.29 is 14.3 Å². The average Bonchev–Trinajstić information content (AvgIpc) is 2.94. The molecule has 0 atom stereocenters. The molecule has 0 aliphatic rings. The quantitative estimate of drug-likeness (QED) is 0.213. The second kappa shape index (κ2) is 13.6. The summed E-state index contributed by atoms with van der Waals surface area (Å²) >= 11 is 6.53. The fourth-order valence-electron chi connectivity index (χ4n) is 4.06. The molecule has 0 radical (unpaired) electrons. The van der Waals surface area contributed by atoms with Gasteiger partial charge in [-0.05, 0) is 75.9 Å². The second-order valence-corrected chi connectivity index (χ2v) is 9.73. The van der Waals surface area contributed by atoms with Crippen molar-refractivity contribution in [3.63, 3.8) is 0 Å². The number of pyridine rings is 2. The molecule has 2 N–H and O–H groups in total. The minimum Gasteiger partial charge on any atom is -0.492 e. The first-order chi connectivity index (χ1) is 19.4. The third-order valence-corrected chi connectivity index (χ3v) is 6.31. The second-order valence-electron chi connectivity index (χ2n) is 9.33. The number of benzene rings is 2. The van der Waals surface area contributed by atoms with Crippen molar-refractivity contribution in [2.75, 3.05) is 37.9 Å². The molecule has 206 valence electrons. The minimum atomic E-state index is -0.116. The lowest BCUT2D eigenvalue weighted by Crippen LogP contribution is -2.17. The van der Waals surface area contributed by atoms with E-state index in [2.05, 4.69) is 26.7 Å². The molecule has 10 heteroatoms. The average molecular weight is 559 g/mol. The summed E-state index contributed by atoms with van der Waals surface area (Å²) in [5, 5.41) is 17.2. The lowest BCUT2D eigenvalue weighted by molar-refractivity contribution is -0.116. The van der Waals surface area contributed by atoms with Crippen LogP contribution in [-0.2, 0) is 11.4 Å². The van der Waals surface area contributed by atoms with Crippen LogP contribution in [0.3, 0.4) is 0 Å². The van der Waals surface area contributed by atoms with Gasteiger partial charge in [0.15, 0.2) is 0 Å². The van der Waals surface area contributed by atoms with Gasteiger partial charge in [-0.1, -0.05) is 11.6 Å². The van der Waals surface area contributed by atoms with E-state index in [9.17, 15) is 10.1 Å². The Balaban J connectivity index is 1.62. The molecule has 0 saturated heterocycles. The maximum atomic E-state index is 12.7. The van der Waals surface area contributed by atoms with E-state index in [0.29, 0.717) is 69.7 Å². The molecule has 4 rings (SSSR count). The fourth-order valence-corrected chi connectivity index (χ4v) is 4.30. The molecule has 1 amide bonds. The van der Waals surface area contributed by atoms with Gasteiger partial charge in [-0.2, -0.15) is 5.26 Å². The smallest absolute Gasteiger partial charge is 0.224 e. The Morgan fingerprint density at radius 3 is 2.60 bits per heavy atom. The zero-order valence-electron chi connectivity index (χ0n) is 22.7. The highest BCUT2D eigenvalue weighted by atomic mass is 35.5. The molecule has 0 bridgehead atoms. The molecule has 0 aliphatic carbocycles. The van der Waals surface area contributed by atoms with Crippen LogP contribution in [0.4, 0.5) is 17.1 Å². The number of hydrogen-bond donors (Lipinski definition) is 2. The van der Waals surface area contributed by atoms with Crippen molar-refractivity contribution in [1.29, 1.82) is 5.26 Å². The summed E-state index contributed by atoms with van der Waals surface area (Å²) in [5.41, 5.74) is 3.64. The number of nitriles is 1. The van der Waals surface area contributed by atoms with E-state index in [4.69, 9.17) is 21.1 Å². The van der Waals surface area contributed by atoms with Gasteiger partial charge in [-0.3, -0.25) is 14.8 Å². The van der Waals surface area contributed by atoms with E-state index in [0.717, 1.165) is 18.5 Å². The lowest BCUT2D eigenvalue weighted by Gasteiger charge is -2.17. The Kier molecular flexibility index (Phi) is 9.73. The monoisotopic (exact) mass is 558 g/mol. The molecule has 0 aliphatic heterocycles. The van der Waals surface area contributed by atoms with Gasteiger partial charge < -0.3 is 25.0 Å². The van der Waals surface area contributed by atoms with Gasteiger partial charge in [0.25, 0.3) is 0 Å². The van der Waals surface area contributed by atoms with Crippen LogP contribution in [0.5, 0.6) is 11.5 Å². The van der Waals surface area contributed by atoms with E-state index >= 15 is 0 Å². The van der Waals surface area contributed by atoms with Crippen LogP contribution >= 0.6 is 11.6 Å². The van der Waals surface area contributed by atoms with Crippen molar-refractivity contribution >= 4 is 45.5 Å². The third kappa shape index (κ3) is 7.38. The summed E-state index contributed by atoms with van der Waals surface area (Å²) in [6.07, 6.45) is 6.02. The highest BCUT2D eigenvalue weighted by molar-refractivity contribution is 6.32. The summed E-state index contributed by atoms with van der Waals surface area (Å²) in [6, 6.07) is 14.8. The van der Waals surface area contributed by atoms with E-state index < -0.39 is 0 Å². The van der Waals surface area contributed by atoms with Crippen molar-refractivity contribution in [2.45, 2.75) is 26.4 Å². The molecular weight excluding hydrogens is 528 g/mol. The van der Waals surface area contributed by atoms with E-state index in [1.807, 2.05) is 44.1 Å². The van der Waals surface area contributed by atoms with Gasteiger partial charge >= 0.3 is 0 Å². The topological polar surface area (TPSA) is 112 Å². The van der Waals surface area contributed by atoms with Crippen LogP contribution in [0.25, 0.3) is 10.9 Å². The zero-order chi connectivity index (χ0) is 28.5. The summed E-state index contributed by atoms with van der Waals surface area (Å²) < 4.78 is 11.7. The van der Waals surface area contributed by atoms with Crippen LogP contribution in [0.15, 0.2) is 61.1 Å². The summed E-state index contributed by atoms with van der Waals surface area (Å²) in [6.45, 7) is 3.46. The first-order valence-electron chi connectivity index (χ1n) is 12.9. The summed E-state index contributed by atoms with van der Waals surface area (Å²) in [4.78, 5) is 23.2. The molecule has 2 heterocycles. The predicted octanol–water partition coefficient (Wildman–Crippen LogP) is 6.16. The van der Waals surface area contributed by atoms with Crippen LogP contribution in [0, 0.1) is 11.3 Å². The zero-order valence-corrected chi connectivity index (χ0v) is 23.5. The third-order valence-electron chi connectivity index (χ3n) is 6.02. The van der Waals surface area contributed by atoms with Crippen LogP contribution in [0.1, 0.15) is 30.9 Å². The minimum absolute atomic E-state index is 0.116. The number of carbonyl (C=O) groups excluding carboxylic acids is 1. The number of amides is 1. The van der Waals surface area contributed by atoms with Crippen LogP contribution in [-0.4, -0.2) is 48.0 Å². The summed E-state index contributed by atoms with van der Waals surface area (Å²) in [5.74, 6) is 0.929. The van der Waals surface area contributed by atoms with Gasteiger partial charge in [-0.25, -0.2) is 0 Å². The Morgan fingerprint density at radius 2 is 1.90 bits per heavy atom. The molecule has 0 unspecified atom stereocenters. The number of halogens is 1. The molecule has 2 aromatic heterocycles. The Labute approximate surface area is 238 Å². The number of aromatic nitrogens is 2. The number of nitrogens with one attached hydrogen (secondary N) is 2. The van der Waals surface area contributed by atoms with Gasteiger partial charge in [0.1, 0.15) is 24.2 Å². The Morgan fingerprint density at radius 1 is 1.10 bits per heavy atom. The fraction of sp³-hybridized carbons (Fsp3) is 0.267. The number of hydrogen-bond acceptors (Lipinski definition) is 8. The van der Waals surface area contributed by atoms with Crippen molar-refractivity contribution in [3.8, 4) is 17.6 Å². The van der Waals surface area contributed by atoms with Gasteiger partial charge in [0.05, 0.1) is 34.1 Å². The SMILES string of the molecule is CCOc1cc2ncc(C#N)c(Nc3ccc(OCc4ccncc4)c(Cl)c3)c2cc1NC(=O)CCCN(C)C. The van der Waals surface area contributed by atoms with Crippen LogP contribution in [0.2, 0.25) is 5.02 Å². The lowest BCUT2D eigenvalue weighted by atomic mass is 10.1. The molecule has 0 saturated carbocycles. The molecule has 4 aromatic rings. The van der Waals surface area contributed by atoms with Gasteiger partial charge in [0.2, 0.25) is 5.91 Å². The molecule has 40 heavy (non-hydrogen) atoms. The highest BCUT2D eigenvalue weighted by Gasteiger charge is 2.16. The Hall–Kier alpha value is -4.39. The van der Waals surface area contributed by atoms with Crippen molar-refractivity contribution in [2.24, 2.45) is 0 Å². The number of rotatable bonds is 12. The molecule has 0 fully saturated rings. The largest absolute Gasteiger partial charge is 0.492 e. The van der Waals surface area contributed by atoms with E-state index in [1.165, 1.54) is 6.20 Å². The van der Waals surface area contributed by atoms with Gasteiger partial charge in [-0.15, -0.1) is 0 Å². The first-order valence-corrected chi connectivity index (χ1v) is 13.3. The standard InChI is InChI=1S/C30H31ClN6O3/c1-4-39-28-16-25-23(15-26(28)36-29(38)6-5-13-37(2)3)30(21(17-32)18-34-25)35-22-7-8-27(24(31)14-22)40-19-20-9-11-33-12-10-20/h7-12,14-16,18H,4-6,13,19H2,1-3H3,(H,34,35)(H,36,38). The van der Waals surface area contributed by atoms with Crippen molar-refractivity contribution in [3.05, 3.63) is 77.2 Å². The molecule has 9 nitrogen and oxygen atoms in total. The highest BCUT2D eigenvalue weighted by Crippen LogP contribution is 2.37. The summed E-state index contributed by atoms with van der Waals surface area (Å²) in [7, 11) is 3.94. The maximum absolute atomic E-state index is 12.7. The number of carbonyl (C=O) groups is 1. The first kappa shape index (κ1) is 28.6. The molecular formula is C30H31ClN6O3. The number of fused-ring (bicyclic) bond motifs is 1. The number of ether oxygens (including phenoxy) is 2. The van der Waals surface area contributed by atoms with E-state index in [1.54, 1.807) is 36.7 Å². The van der Waals surface area contributed by atoms with Gasteiger partial charge in [0, 0.05) is 42.2 Å². The van der Waals surface area contributed by atoms with Crippen molar-refractivity contribution in [1.82, 2.24) is 14.9 Å². The van der Waals surface area contributed by atoms with E-state index in [-0.39, 0.29) is 5.91 Å². The normalized spacial score (nSPS) is 10.8. The number of nitrogens with zero attached hydrogens (tertiary/aromatic N) is 4. The maximum Gasteiger partial charge on any atom is 0.224 e. The number of anilines is 3. The molecule has 2 aromatic carbocycles. The van der Waals surface area contributed by atoms with Crippen LogP contribution < -0.4 is 20.1 Å². The predicted molar refractivity (Wildman–Crippen MR) is 157 cm³/mol. The Bertz CT molecular complexity index is 1520. The molecule has 0 spiro atoms.